The highest BCUT2D eigenvalue weighted by Crippen LogP contribution is 2.37. The zero-order valence-corrected chi connectivity index (χ0v) is 17.6. The van der Waals surface area contributed by atoms with Crippen LogP contribution in [0.25, 0.3) is 0 Å². The molecule has 0 aromatic heterocycles. The third-order valence-electron chi connectivity index (χ3n) is 5.81. The molecule has 3 rings (SSSR count). The maximum absolute atomic E-state index is 14.8. The highest BCUT2D eigenvalue weighted by atomic mass is 19.1. The van der Waals surface area contributed by atoms with Gasteiger partial charge in [0.25, 0.3) is 0 Å². The maximum Gasteiger partial charge on any atom is 0.129 e. The number of aryl methyl sites for hydroxylation is 2. The van der Waals surface area contributed by atoms with Crippen LogP contribution in [-0.4, -0.2) is 6.61 Å². The first kappa shape index (κ1) is 21.5. The Hall–Kier alpha value is -2.16. The molecule has 156 valence electrons. The van der Waals surface area contributed by atoms with Crippen LogP contribution in [0.15, 0.2) is 42.5 Å². The lowest BCUT2D eigenvalue weighted by molar-refractivity contribution is 0.324. The van der Waals surface area contributed by atoms with Crippen molar-refractivity contribution in [2.24, 2.45) is 0 Å². The number of benzene rings is 2. The Morgan fingerprint density at radius 2 is 1.86 bits per heavy atom. The first-order chi connectivity index (χ1) is 14.1. The summed E-state index contributed by atoms with van der Waals surface area (Å²) in [5, 5.41) is 0. The number of unbranched alkanes of at least 4 members (excludes halogenated alkanes) is 2. The molecule has 0 N–H and O–H groups in total. The standard InChI is InChI=1S/C26H32F2O/c1-3-5-7-9-19-15-24(27)26(25(28)16-19)22-11-10-21-18-23(13-12-20(21)17-22)29-14-8-6-4-2/h4,6,12-13,15-16,18,22H,3,5,7-11,14,17H2,1-2H3. The number of ether oxygens (including phenoxy) is 1. The topological polar surface area (TPSA) is 9.23 Å². The normalized spacial score (nSPS) is 16.2. The largest absolute Gasteiger partial charge is 0.493 e. The summed E-state index contributed by atoms with van der Waals surface area (Å²) in [7, 11) is 0. The van der Waals surface area contributed by atoms with Gasteiger partial charge in [0.2, 0.25) is 0 Å². The third kappa shape index (κ3) is 5.68. The zero-order valence-electron chi connectivity index (χ0n) is 17.6. The smallest absolute Gasteiger partial charge is 0.129 e. The Bertz CT molecular complexity index is 818. The van der Waals surface area contributed by atoms with Gasteiger partial charge in [-0.1, -0.05) is 38.0 Å². The van der Waals surface area contributed by atoms with Gasteiger partial charge in [-0.05, 0) is 92.3 Å². The van der Waals surface area contributed by atoms with Gasteiger partial charge in [-0.3, -0.25) is 0 Å². The second-order valence-corrected chi connectivity index (χ2v) is 8.01. The molecule has 29 heavy (non-hydrogen) atoms. The molecule has 2 aromatic rings. The van der Waals surface area contributed by atoms with Crippen molar-refractivity contribution in [3.8, 4) is 5.75 Å². The molecule has 0 amide bonds. The molecule has 0 radical (unpaired) electrons. The van der Waals surface area contributed by atoms with Crippen LogP contribution in [0.4, 0.5) is 8.78 Å². The molecule has 1 atom stereocenters. The Labute approximate surface area is 173 Å². The molecule has 1 nitrogen and oxygen atoms in total. The minimum Gasteiger partial charge on any atom is -0.493 e. The molecular weight excluding hydrogens is 366 g/mol. The van der Waals surface area contributed by atoms with Gasteiger partial charge in [0.15, 0.2) is 0 Å². The van der Waals surface area contributed by atoms with Crippen molar-refractivity contribution in [1.82, 2.24) is 0 Å². The number of hydrogen-bond acceptors (Lipinski definition) is 1. The minimum absolute atomic E-state index is 0.103. The van der Waals surface area contributed by atoms with E-state index in [1.807, 2.05) is 19.1 Å². The zero-order chi connectivity index (χ0) is 20.6. The minimum atomic E-state index is -0.381. The molecule has 0 spiro atoms. The number of hydrogen-bond donors (Lipinski definition) is 0. The molecule has 0 fully saturated rings. The van der Waals surface area contributed by atoms with E-state index in [1.54, 1.807) is 12.1 Å². The predicted octanol–water partition coefficient (Wildman–Crippen LogP) is 7.32. The average Bonchev–Trinajstić information content (AvgIpc) is 2.71. The summed E-state index contributed by atoms with van der Waals surface area (Å²) >= 11 is 0. The van der Waals surface area contributed by atoms with Crippen LogP contribution < -0.4 is 4.74 Å². The van der Waals surface area contributed by atoms with Crippen molar-refractivity contribution in [3.63, 3.8) is 0 Å². The maximum atomic E-state index is 14.8. The molecule has 1 aliphatic rings. The molecule has 0 heterocycles. The van der Waals surface area contributed by atoms with E-state index in [9.17, 15) is 8.78 Å². The van der Waals surface area contributed by atoms with E-state index in [0.29, 0.717) is 13.0 Å². The van der Waals surface area contributed by atoms with Gasteiger partial charge in [-0.25, -0.2) is 8.78 Å². The summed E-state index contributed by atoms with van der Waals surface area (Å²) in [6.07, 6.45) is 11.2. The highest BCUT2D eigenvalue weighted by molar-refractivity contribution is 5.40. The number of allylic oxidation sites excluding steroid dienone is 1. The Morgan fingerprint density at radius 3 is 2.59 bits per heavy atom. The molecule has 3 heteroatoms. The summed E-state index contributed by atoms with van der Waals surface area (Å²) < 4.78 is 35.4. The van der Waals surface area contributed by atoms with Crippen molar-refractivity contribution in [2.75, 3.05) is 6.61 Å². The predicted molar refractivity (Wildman–Crippen MR) is 116 cm³/mol. The summed E-state index contributed by atoms with van der Waals surface area (Å²) in [5.41, 5.74) is 3.45. The Kier molecular flexibility index (Phi) is 7.85. The van der Waals surface area contributed by atoms with E-state index < -0.39 is 0 Å². The first-order valence-corrected chi connectivity index (χ1v) is 11.0. The quantitative estimate of drug-likeness (QED) is 0.318. The summed E-state index contributed by atoms with van der Waals surface area (Å²) in [4.78, 5) is 0. The summed E-state index contributed by atoms with van der Waals surface area (Å²) in [6.45, 7) is 4.79. The lowest BCUT2D eigenvalue weighted by Crippen LogP contribution is -2.16. The molecular formula is C26H32F2O. The summed E-state index contributed by atoms with van der Waals surface area (Å²) in [5.74, 6) is 0.0110. The van der Waals surface area contributed by atoms with E-state index >= 15 is 0 Å². The van der Waals surface area contributed by atoms with Gasteiger partial charge < -0.3 is 4.74 Å². The molecule has 1 unspecified atom stereocenters. The fourth-order valence-electron chi connectivity index (χ4n) is 4.23. The highest BCUT2D eigenvalue weighted by Gasteiger charge is 2.26. The summed E-state index contributed by atoms with van der Waals surface area (Å²) in [6, 6.07) is 9.21. The molecule has 0 aliphatic heterocycles. The van der Waals surface area contributed by atoms with Gasteiger partial charge in [0.05, 0.1) is 6.61 Å². The van der Waals surface area contributed by atoms with Crippen molar-refractivity contribution in [2.45, 2.75) is 71.1 Å². The second kappa shape index (κ2) is 10.6. The van der Waals surface area contributed by atoms with Gasteiger partial charge in [-0.15, -0.1) is 0 Å². The van der Waals surface area contributed by atoms with E-state index in [0.717, 1.165) is 56.3 Å². The number of fused-ring (bicyclic) bond motifs is 1. The van der Waals surface area contributed by atoms with Gasteiger partial charge >= 0.3 is 0 Å². The van der Waals surface area contributed by atoms with Crippen LogP contribution in [0.2, 0.25) is 0 Å². The Morgan fingerprint density at radius 1 is 1.07 bits per heavy atom. The lowest BCUT2D eigenvalue weighted by atomic mass is 9.79. The lowest BCUT2D eigenvalue weighted by Gasteiger charge is -2.26. The van der Waals surface area contributed by atoms with Crippen LogP contribution in [0.3, 0.4) is 0 Å². The molecule has 2 aromatic carbocycles. The fourth-order valence-corrected chi connectivity index (χ4v) is 4.23. The second-order valence-electron chi connectivity index (χ2n) is 8.01. The Balaban J connectivity index is 1.69. The molecule has 0 bridgehead atoms. The van der Waals surface area contributed by atoms with Crippen molar-refractivity contribution in [3.05, 3.63) is 76.4 Å². The average molecular weight is 399 g/mol. The SMILES string of the molecule is CC=CCCOc1ccc2c(c1)CCC(c1c(F)cc(CCCCC)cc1F)C2. The van der Waals surface area contributed by atoms with Crippen molar-refractivity contribution < 1.29 is 13.5 Å². The van der Waals surface area contributed by atoms with E-state index in [4.69, 9.17) is 4.74 Å². The fraction of sp³-hybridized carbons (Fsp3) is 0.462. The number of halogens is 2. The van der Waals surface area contributed by atoms with Gasteiger partial charge in [0, 0.05) is 5.56 Å². The monoisotopic (exact) mass is 398 g/mol. The van der Waals surface area contributed by atoms with E-state index in [2.05, 4.69) is 25.1 Å². The number of rotatable bonds is 9. The van der Waals surface area contributed by atoms with Crippen LogP contribution in [0, 0.1) is 11.6 Å². The molecule has 1 aliphatic carbocycles. The van der Waals surface area contributed by atoms with Gasteiger partial charge in [-0.2, -0.15) is 0 Å². The molecule has 0 saturated heterocycles. The van der Waals surface area contributed by atoms with Crippen molar-refractivity contribution >= 4 is 0 Å². The van der Waals surface area contributed by atoms with Crippen molar-refractivity contribution in [1.29, 1.82) is 0 Å². The van der Waals surface area contributed by atoms with Crippen LogP contribution in [0.1, 0.15) is 74.1 Å². The first-order valence-electron chi connectivity index (χ1n) is 11.0. The van der Waals surface area contributed by atoms with Crippen LogP contribution in [-0.2, 0) is 19.3 Å². The van der Waals surface area contributed by atoms with E-state index in [-0.39, 0.29) is 23.1 Å². The molecule has 0 saturated carbocycles. The third-order valence-corrected chi connectivity index (χ3v) is 5.81. The van der Waals surface area contributed by atoms with Gasteiger partial charge in [0.1, 0.15) is 17.4 Å². The van der Waals surface area contributed by atoms with Crippen LogP contribution in [0.5, 0.6) is 5.75 Å². The van der Waals surface area contributed by atoms with E-state index in [1.165, 1.54) is 11.1 Å². The van der Waals surface area contributed by atoms with Crippen LogP contribution >= 0.6 is 0 Å².